The summed E-state index contributed by atoms with van der Waals surface area (Å²) in [5.74, 6) is -0.148. The fraction of sp³-hybridized carbons (Fsp3) is 0. The van der Waals surface area contributed by atoms with Crippen LogP contribution in [-0.2, 0) is 9.59 Å². The van der Waals surface area contributed by atoms with Gasteiger partial charge in [-0.2, -0.15) is 0 Å². The van der Waals surface area contributed by atoms with Gasteiger partial charge in [0, 0.05) is 33.1 Å². The van der Waals surface area contributed by atoms with Gasteiger partial charge in [0.1, 0.15) is 23.1 Å². The molecule has 0 fully saturated rings. The smallest absolute Gasteiger partial charge is 0.282 e. The Kier molecular flexibility index (Phi) is 8.99. The molecule has 0 atom stereocenters. The number of amides is 2. The molecule has 3 aliphatic rings. The van der Waals surface area contributed by atoms with Gasteiger partial charge in [-0.1, -0.05) is 96.7 Å². The largest absolute Gasteiger partial charge is 0.354 e. The average Bonchev–Trinajstić information content (AvgIpc) is 3.75. The Morgan fingerprint density at radius 1 is 0.534 bits per heavy atom. The predicted molar refractivity (Wildman–Crippen MR) is 223 cm³/mol. The van der Waals surface area contributed by atoms with E-state index in [2.05, 4.69) is 5.32 Å². The number of aliphatic imine (C=N–C) groups is 2. The lowest BCUT2D eigenvalue weighted by atomic mass is 10.1. The molecule has 3 aliphatic heterocycles. The van der Waals surface area contributed by atoms with E-state index in [-0.39, 0.29) is 33.9 Å². The first-order valence-corrected chi connectivity index (χ1v) is 18.7. The lowest BCUT2D eigenvalue weighted by Crippen LogP contribution is -2.33. The van der Waals surface area contributed by atoms with E-state index in [1.54, 1.807) is 36.4 Å². The van der Waals surface area contributed by atoms with Crippen molar-refractivity contribution in [2.24, 2.45) is 9.98 Å². The summed E-state index contributed by atoms with van der Waals surface area (Å²) in [6, 6.07) is 41.9. The maximum absolute atomic E-state index is 14.2. The second kappa shape index (κ2) is 14.6. The first-order valence-electron chi connectivity index (χ1n) is 17.8. The molecule has 0 aliphatic carbocycles. The number of nitrogens with one attached hydrogen (secondary N) is 1. The van der Waals surface area contributed by atoms with Crippen molar-refractivity contribution in [2.75, 3.05) is 15.1 Å². The summed E-state index contributed by atoms with van der Waals surface area (Å²) in [5, 5.41) is 27.0. The molecule has 2 amide bonds. The van der Waals surface area contributed by atoms with Crippen LogP contribution in [0.15, 0.2) is 177 Å². The molecule has 0 spiro atoms. The maximum Gasteiger partial charge on any atom is 0.282 e. The molecular weight excluding hydrogens is 755 g/mol. The third-order valence-corrected chi connectivity index (χ3v) is 10.7. The molecule has 6 aromatic rings. The number of benzene rings is 6. The molecule has 0 saturated carbocycles. The molecule has 0 bridgehead atoms. The number of fused-ring (bicyclic) bond motifs is 2. The Labute approximate surface area is 334 Å². The molecule has 58 heavy (non-hydrogen) atoms. The van der Waals surface area contributed by atoms with Gasteiger partial charge >= 0.3 is 0 Å². The standard InChI is InChI=1S/C44H27N7O6S/c52-43-35(23-29-15-7-9-17-37(29)50(54)55)46-41(27-11-3-1-4-12-27)48(43)31-19-21-33-39(25-31)58-40-26-32(20-22-34(40)45-33)49-42(28-13-5-2-6-14-28)47-36(44(49)53)24-30-16-8-10-18-38(30)51(56)57/h1-26,45H. The number of hydrogen-bond acceptors (Lipinski definition) is 10. The summed E-state index contributed by atoms with van der Waals surface area (Å²) in [6.45, 7) is 0. The first-order chi connectivity index (χ1) is 28.2. The molecule has 6 aromatic carbocycles. The molecule has 1 N–H and O–H groups in total. The fourth-order valence-electron chi connectivity index (χ4n) is 6.86. The summed E-state index contributed by atoms with van der Waals surface area (Å²) in [7, 11) is 0. The van der Waals surface area contributed by atoms with Crippen molar-refractivity contribution in [3.05, 3.63) is 199 Å². The summed E-state index contributed by atoms with van der Waals surface area (Å²) < 4.78 is 0. The zero-order valence-corrected chi connectivity index (χ0v) is 30.9. The Morgan fingerprint density at radius 3 is 1.34 bits per heavy atom. The lowest BCUT2D eigenvalue weighted by Gasteiger charge is -2.26. The highest BCUT2D eigenvalue weighted by molar-refractivity contribution is 7.99. The Hall–Kier alpha value is -7.97. The third kappa shape index (κ3) is 6.48. The molecule has 280 valence electrons. The van der Waals surface area contributed by atoms with Crippen molar-refractivity contribution >= 4 is 81.5 Å². The number of hydrogen-bond donors (Lipinski definition) is 1. The molecule has 3 heterocycles. The number of carbonyl (C=O) groups excluding carboxylic acids is 2. The second-order valence-electron chi connectivity index (χ2n) is 13.2. The van der Waals surface area contributed by atoms with E-state index in [0.717, 1.165) is 21.2 Å². The molecule has 14 heteroatoms. The van der Waals surface area contributed by atoms with Crippen molar-refractivity contribution in [1.29, 1.82) is 0 Å². The molecule has 0 unspecified atom stereocenters. The van der Waals surface area contributed by atoms with E-state index in [1.807, 2.05) is 97.1 Å². The summed E-state index contributed by atoms with van der Waals surface area (Å²) >= 11 is 1.44. The van der Waals surface area contributed by atoms with E-state index in [1.165, 1.54) is 45.8 Å². The van der Waals surface area contributed by atoms with Crippen molar-refractivity contribution in [3.8, 4) is 0 Å². The van der Waals surface area contributed by atoms with E-state index >= 15 is 0 Å². The maximum atomic E-state index is 14.2. The molecule has 9 rings (SSSR count). The van der Waals surface area contributed by atoms with E-state index in [4.69, 9.17) is 9.98 Å². The summed E-state index contributed by atoms with van der Waals surface area (Å²) in [4.78, 5) is 64.9. The van der Waals surface area contributed by atoms with Crippen LogP contribution >= 0.6 is 11.8 Å². The van der Waals surface area contributed by atoms with Crippen LogP contribution in [0.1, 0.15) is 22.3 Å². The van der Waals surface area contributed by atoms with Crippen molar-refractivity contribution < 1.29 is 19.4 Å². The van der Waals surface area contributed by atoms with Crippen LogP contribution in [0, 0.1) is 20.2 Å². The van der Waals surface area contributed by atoms with Gasteiger partial charge in [0.15, 0.2) is 0 Å². The fourth-order valence-corrected chi connectivity index (χ4v) is 7.91. The minimum atomic E-state index is -0.494. The number of anilines is 4. The van der Waals surface area contributed by atoms with Gasteiger partial charge in [0.05, 0.1) is 43.7 Å². The van der Waals surface area contributed by atoms with Crippen molar-refractivity contribution in [2.45, 2.75) is 9.79 Å². The minimum absolute atomic E-state index is 0.0492. The van der Waals surface area contributed by atoms with Gasteiger partial charge in [-0.25, -0.2) is 9.98 Å². The third-order valence-electron chi connectivity index (χ3n) is 9.57. The number of carbonyl (C=O) groups is 2. The highest BCUT2D eigenvalue weighted by Gasteiger charge is 2.36. The minimum Gasteiger partial charge on any atom is -0.354 e. The van der Waals surface area contributed by atoms with Crippen LogP contribution < -0.4 is 15.1 Å². The first kappa shape index (κ1) is 35.7. The van der Waals surface area contributed by atoms with Crippen molar-refractivity contribution in [1.82, 2.24) is 0 Å². The highest BCUT2D eigenvalue weighted by Crippen LogP contribution is 2.48. The van der Waals surface area contributed by atoms with E-state index in [9.17, 15) is 29.8 Å². The lowest BCUT2D eigenvalue weighted by molar-refractivity contribution is -0.385. The predicted octanol–water partition coefficient (Wildman–Crippen LogP) is 9.38. The summed E-state index contributed by atoms with van der Waals surface area (Å²) in [5.41, 5.74) is 4.35. The van der Waals surface area contributed by atoms with Gasteiger partial charge in [0.2, 0.25) is 0 Å². The normalized spacial score (nSPS) is 15.9. The van der Waals surface area contributed by atoms with Crippen LogP contribution in [-0.4, -0.2) is 33.3 Å². The van der Waals surface area contributed by atoms with Gasteiger partial charge < -0.3 is 5.32 Å². The van der Waals surface area contributed by atoms with E-state index in [0.29, 0.717) is 34.2 Å². The zero-order valence-electron chi connectivity index (χ0n) is 30.1. The van der Waals surface area contributed by atoms with Crippen LogP contribution in [0.5, 0.6) is 0 Å². The SMILES string of the molecule is O=C1C(=Cc2ccccc2[N+](=O)[O-])N=C(c2ccccc2)N1c1ccc2c(c1)Sc1cc(N3C(=O)C(=Cc4ccccc4[N+](=O)[O-])N=C3c3ccccc3)ccc1N2. The molecule has 0 radical (unpaired) electrons. The van der Waals surface area contributed by atoms with Gasteiger partial charge in [0.25, 0.3) is 23.2 Å². The van der Waals surface area contributed by atoms with E-state index < -0.39 is 21.7 Å². The van der Waals surface area contributed by atoms with Gasteiger partial charge in [-0.05, 0) is 60.7 Å². The number of nitro groups is 2. The number of nitrogens with zero attached hydrogens (tertiary/aromatic N) is 6. The zero-order chi connectivity index (χ0) is 39.9. The summed E-state index contributed by atoms with van der Waals surface area (Å²) in [6.07, 6.45) is 2.87. The van der Waals surface area contributed by atoms with Crippen LogP contribution in [0.2, 0.25) is 0 Å². The van der Waals surface area contributed by atoms with Crippen LogP contribution in [0.4, 0.5) is 34.1 Å². The average molecular weight is 782 g/mol. The number of para-hydroxylation sites is 2. The van der Waals surface area contributed by atoms with Crippen LogP contribution in [0.3, 0.4) is 0 Å². The Bertz CT molecular complexity index is 2660. The highest BCUT2D eigenvalue weighted by atomic mass is 32.2. The molecule has 0 saturated heterocycles. The number of amidine groups is 2. The number of rotatable bonds is 8. The Balaban J connectivity index is 1.07. The van der Waals surface area contributed by atoms with Gasteiger partial charge in [-0.15, -0.1) is 0 Å². The monoisotopic (exact) mass is 781 g/mol. The quantitative estimate of drug-likeness (QED) is 0.0905. The van der Waals surface area contributed by atoms with Gasteiger partial charge in [-0.3, -0.25) is 39.6 Å². The second-order valence-corrected chi connectivity index (χ2v) is 14.2. The molecule has 13 nitrogen and oxygen atoms in total. The molecule has 0 aromatic heterocycles. The Morgan fingerprint density at radius 2 is 0.931 bits per heavy atom. The topological polar surface area (TPSA) is 164 Å². The van der Waals surface area contributed by atoms with Crippen molar-refractivity contribution in [3.63, 3.8) is 0 Å². The molecular formula is C44H27N7O6S. The number of nitro benzene ring substituents is 2. The van der Waals surface area contributed by atoms with Crippen LogP contribution in [0.25, 0.3) is 12.2 Å².